The van der Waals surface area contributed by atoms with Gasteiger partial charge in [-0.2, -0.15) is 11.8 Å². The van der Waals surface area contributed by atoms with E-state index in [0.29, 0.717) is 11.3 Å². The summed E-state index contributed by atoms with van der Waals surface area (Å²) in [6, 6.07) is 0. The number of thioether (sulfide) groups is 1. The number of aromatic nitrogens is 3. The Kier molecular flexibility index (Phi) is 5.72. The number of aryl methyl sites for hydroxylation is 1. The third kappa shape index (κ3) is 3.87. The van der Waals surface area contributed by atoms with Crippen molar-refractivity contribution in [1.82, 2.24) is 25.0 Å². The van der Waals surface area contributed by atoms with Gasteiger partial charge in [-0.05, 0) is 32.6 Å². The standard InChI is InChI=1S/C19H32N6S/c1-2-20-18(21-14-17-23-22-16-8-4-7-11-25(16)17)24-12-13-26-19(15-24)9-5-3-6-10-19/h2-15H2,1H3,(H,20,21). The first-order valence-corrected chi connectivity index (χ1v) is 11.4. The maximum Gasteiger partial charge on any atom is 0.194 e. The molecule has 0 bridgehead atoms. The monoisotopic (exact) mass is 376 g/mol. The van der Waals surface area contributed by atoms with Gasteiger partial charge in [-0.25, -0.2) is 4.99 Å². The molecule has 4 rings (SSSR count). The molecule has 1 aromatic heterocycles. The predicted molar refractivity (Wildman–Crippen MR) is 108 cm³/mol. The summed E-state index contributed by atoms with van der Waals surface area (Å²) in [5, 5.41) is 12.3. The van der Waals surface area contributed by atoms with E-state index < -0.39 is 0 Å². The second-order valence-corrected chi connectivity index (χ2v) is 9.39. The zero-order valence-corrected chi connectivity index (χ0v) is 16.9. The van der Waals surface area contributed by atoms with Gasteiger partial charge in [0.05, 0.1) is 0 Å². The van der Waals surface area contributed by atoms with Crippen LogP contribution in [0.25, 0.3) is 0 Å². The van der Waals surface area contributed by atoms with Gasteiger partial charge in [0.25, 0.3) is 0 Å². The van der Waals surface area contributed by atoms with E-state index >= 15 is 0 Å². The molecule has 1 saturated carbocycles. The Hall–Kier alpha value is -1.24. The average Bonchev–Trinajstić information content (AvgIpc) is 3.09. The molecule has 26 heavy (non-hydrogen) atoms. The van der Waals surface area contributed by atoms with Gasteiger partial charge in [-0.15, -0.1) is 10.2 Å². The second-order valence-electron chi connectivity index (χ2n) is 7.83. The van der Waals surface area contributed by atoms with Crippen molar-refractivity contribution in [2.24, 2.45) is 4.99 Å². The fraction of sp³-hybridized carbons (Fsp3) is 0.842. The van der Waals surface area contributed by atoms with Gasteiger partial charge in [0.15, 0.2) is 11.8 Å². The second kappa shape index (κ2) is 8.19. The zero-order valence-electron chi connectivity index (χ0n) is 16.0. The maximum atomic E-state index is 4.96. The molecule has 1 saturated heterocycles. The van der Waals surface area contributed by atoms with E-state index in [4.69, 9.17) is 4.99 Å². The van der Waals surface area contributed by atoms with Gasteiger partial charge in [0, 0.05) is 43.1 Å². The summed E-state index contributed by atoms with van der Waals surface area (Å²) in [4.78, 5) is 7.46. The number of aliphatic imine (C=N–C) groups is 1. The molecule has 0 atom stereocenters. The van der Waals surface area contributed by atoms with E-state index in [1.54, 1.807) is 0 Å². The molecule has 0 radical (unpaired) electrons. The quantitative estimate of drug-likeness (QED) is 0.649. The molecule has 144 valence electrons. The van der Waals surface area contributed by atoms with Crippen molar-refractivity contribution in [2.45, 2.75) is 76.1 Å². The van der Waals surface area contributed by atoms with Crippen LogP contribution in [-0.2, 0) is 19.5 Å². The summed E-state index contributed by atoms with van der Waals surface area (Å²) in [6.45, 7) is 6.98. The molecule has 7 heteroatoms. The first-order chi connectivity index (χ1) is 12.8. The highest BCUT2D eigenvalue weighted by Crippen LogP contribution is 2.42. The smallest absolute Gasteiger partial charge is 0.194 e. The number of nitrogens with one attached hydrogen (secondary N) is 1. The number of nitrogens with zero attached hydrogens (tertiary/aromatic N) is 5. The van der Waals surface area contributed by atoms with E-state index in [0.717, 1.165) is 50.2 Å². The van der Waals surface area contributed by atoms with Gasteiger partial charge in [0.2, 0.25) is 0 Å². The van der Waals surface area contributed by atoms with Gasteiger partial charge in [0.1, 0.15) is 12.4 Å². The van der Waals surface area contributed by atoms with Crippen molar-refractivity contribution in [3.05, 3.63) is 11.6 Å². The van der Waals surface area contributed by atoms with Crippen molar-refractivity contribution in [2.75, 3.05) is 25.4 Å². The lowest BCUT2D eigenvalue weighted by Crippen LogP contribution is -2.53. The number of hydrogen-bond acceptors (Lipinski definition) is 4. The lowest BCUT2D eigenvalue weighted by molar-refractivity contribution is 0.293. The van der Waals surface area contributed by atoms with Gasteiger partial charge in [-0.3, -0.25) is 0 Å². The Morgan fingerprint density at radius 2 is 2.04 bits per heavy atom. The van der Waals surface area contributed by atoms with E-state index in [1.807, 2.05) is 0 Å². The molecule has 1 spiro atoms. The highest BCUT2D eigenvalue weighted by Gasteiger charge is 2.38. The summed E-state index contributed by atoms with van der Waals surface area (Å²) < 4.78 is 2.74. The minimum atomic E-state index is 0.459. The summed E-state index contributed by atoms with van der Waals surface area (Å²) in [6.07, 6.45) is 10.4. The molecule has 0 amide bonds. The van der Waals surface area contributed by atoms with Gasteiger partial charge >= 0.3 is 0 Å². The van der Waals surface area contributed by atoms with Crippen LogP contribution in [0.15, 0.2) is 4.99 Å². The van der Waals surface area contributed by atoms with Crippen LogP contribution in [0.5, 0.6) is 0 Å². The molecule has 0 unspecified atom stereocenters. The molecule has 2 aliphatic heterocycles. The highest BCUT2D eigenvalue weighted by atomic mass is 32.2. The minimum Gasteiger partial charge on any atom is -0.357 e. The lowest BCUT2D eigenvalue weighted by Gasteiger charge is -2.45. The zero-order chi connectivity index (χ0) is 17.8. The van der Waals surface area contributed by atoms with Crippen LogP contribution in [-0.4, -0.2) is 55.8 Å². The maximum absolute atomic E-state index is 4.96. The predicted octanol–water partition coefficient (Wildman–Crippen LogP) is 2.83. The van der Waals surface area contributed by atoms with Crippen molar-refractivity contribution < 1.29 is 0 Å². The molecular formula is C19H32N6S. The Morgan fingerprint density at radius 1 is 1.15 bits per heavy atom. The Balaban J connectivity index is 1.48. The number of fused-ring (bicyclic) bond motifs is 1. The van der Waals surface area contributed by atoms with Crippen molar-refractivity contribution in [1.29, 1.82) is 0 Å². The van der Waals surface area contributed by atoms with Crippen LogP contribution in [0.2, 0.25) is 0 Å². The third-order valence-electron chi connectivity index (χ3n) is 5.95. The highest BCUT2D eigenvalue weighted by molar-refractivity contribution is 8.00. The van der Waals surface area contributed by atoms with E-state index in [9.17, 15) is 0 Å². The van der Waals surface area contributed by atoms with Crippen LogP contribution in [0.3, 0.4) is 0 Å². The topological polar surface area (TPSA) is 58.3 Å². The first-order valence-electron chi connectivity index (χ1n) is 10.4. The van der Waals surface area contributed by atoms with Crippen molar-refractivity contribution >= 4 is 17.7 Å². The van der Waals surface area contributed by atoms with Gasteiger partial charge < -0.3 is 14.8 Å². The minimum absolute atomic E-state index is 0.459. The van der Waals surface area contributed by atoms with Crippen LogP contribution in [0.4, 0.5) is 0 Å². The average molecular weight is 377 g/mol. The molecule has 2 fully saturated rings. The Labute approximate surface area is 161 Å². The third-order valence-corrected chi connectivity index (χ3v) is 7.49. The first kappa shape index (κ1) is 18.1. The van der Waals surface area contributed by atoms with E-state index in [-0.39, 0.29) is 0 Å². The fourth-order valence-electron chi connectivity index (χ4n) is 4.58. The molecule has 1 aromatic rings. The Bertz CT molecular complexity index is 628. The summed E-state index contributed by atoms with van der Waals surface area (Å²) >= 11 is 2.21. The molecular weight excluding hydrogens is 344 g/mol. The molecule has 1 N–H and O–H groups in total. The van der Waals surface area contributed by atoms with Crippen LogP contribution in [0, 0.1) is 0 Å². The van der Waals surface area contributed by atoms with E-state index in [1.165, 1.54) is 50.7 Å². The fourth-order valence-corrected chi connectivity index (χ4v) is 6.15. The van der Waals surface area contributed by atoms with Crippen molar-refractivity contribution in [3.63, 3.8) is 0 Å². The molecule has 3 aliphatic rings. The number of hydrogen-bond donors (Lipinski definition) is 1. The molecule has 1 aliphatic carbocycles. The van der Waals surface area contributed by atoms with E-state index in [2.05, 4.69) is 43.7 Å². The van der Waals surface area contributed by atoms with Crippen LogP contribution in [0.1, 0.15) is 63.5 Å². The summed E-state index contributed by atoms with van der Waals surface area (Å²) in [7, 11) is 0. The molecule has 6 nitrogen and oxygen atoms in total. The lowest BCUT2D eigenvalue weighted by atomic mass is 9.87. The largest absolute Gasteiger partial charge is 0.357 e. The van der Waals surface area contributed by atoms with Crippen molar-refractivity contribution in [3.8, 4) is 0 Å². The SMILES string of the molecule is CCNC(=NCc1nnc2n1CCCC2)N1CCSC2(CCCCC2)C1. The van der Waals surface area contributed by atoms with Crippen LogP contribution >= 0.6 is 11.8 Å². The number of guanidine groups is 1. The summed E-state index contributed by atoms with van der Waals surface area (Å²) in [5.41, 5.74) is 0. The normalized spacial score (nSPS) is 23.1. The summed E-state index contributed by atoms with van der Waals surface area (Å²) in [5.74, 6) is 4.44. The number of rotatable bonds is 3. The molecule has 0 aromatic carbocycles. The van der Waals surface area contributed by atoms with Gasteiger partial charge in [-0.1, -0.05) is 19.3 Å². The Morgan fingerprint density at radius 3 is 2.88 bits per heavy atom. The molecule has 3 heterocycles. The van der Waals surface area contributed by atoms with Crippen LogP contribution < -0.4 is 5.32 Å².